The molecule has 2 N–H and O–H groups in total. The molecule has 0 radical (unpaired) electrons. The summed E-state index contributed by atoms with van der Waals surface area (Å²) in [5.74, 6) is 0.228. The van der Waals surface area contributed by atoms with Crippen LogP contribution in [0, 0.1) is 6.92 Å². The number of oxazole rings is 1. The number of hydrogen-bond acceptors (Lipinski definition) is 7. The van der Waals surface area contributed by atoms with Crippen LogP contribution in [0.4, 0.5) is 11.7 Å². The molecule has 1 amide bonds. The highest BCUT2D eigenvalue weighted by Crippen LogP contribution is 2.29. The number of fused-ring (bicyclic) bond motifs is 2. The second kappa shape index (κ2) is 12.9. The normalized spacial score (nSPS) is 16.0. The van der Waals surface area contributed by atoms with E-state index in [1.807, 2.05) is 90.7 Å². The summed E-state index contributed by atoms with van der Waals surface area (Å²) in [5, 5.41) is 14.7. The maximum Gasteiger partial charge on any atom is 0.335 e. The SMILES string of the molecule is Cc1ccccc1Nc1nc2ccc(CC(=O)N3C[C@@H](Oc4ccc5ccccc5c4)C[C@H]3COc3ccc(C(=O)O)cc3)cc2o1. The van der Waals surface area contributed by atoms with Crippen molar-refractivity contribution in [3.8, 4) is 11.5 Å². The fraction of sp³-hybridized carbons (Fsp3) is 0.184. The Kier molecular flexibility index (Phi) is 8.18. The highest BCUT2D eigenvalue weighted by atomic mass is 16.5. The number of aryl methyl sites for hydroxylation is 1. The number of hydrogen-bond donors (Lipinski definition) is 2. The number of ether oxygens (including phenoxy) is 2. The fourth-order valence-corrected chi connectivity index (χ4v) is 5.98. The summed E-state index contributed by atoms with van der Waals surface area (Å²) in [6, 6.07) is 34.0. The standard InChI is InChI=1S/C38H33N3O6/c1-24-6-2-5-9-33(24)39-38-40-34-17-10-25(18-35(34)47-38)19-36(42)41-22-32(46-31-16-11-26-7-3-4-8-28(26)20-31)21-29(41)23-45-30-14-12-27(13-15-30)37(43)44/h2-18,20,29,32H,19,21-23H2,1H3,(H,39,40)(H,43,44)/t29-,32-/m0/s1. The molecule has 1 aliphatic rings. The van der Waals surface area contributed by atoms with Crippen LogP contribution in [-0.2, 0) is 11.2 Å². The van der Waals surface area contributed by atoms with Crippen molar-refractivity contribution in [3.05, 3.63) is 126 Å². The molecule has 7 rings (SSSR count). The Hall–Kier alpha value is -5.83. The number of carbonyl (C=O) groups excluding carboxylic acids is 1. The lowest BCUT2D eigenvalue weighted by Gasteiger charge is -2.24. The zero-order valence-electron chi connectivity index (χ0n) is 25.8. The largest absolute Gasteiger partial charge is 0.491 e. The van der Waals surface area contributed by atoms with E-state index < -0.39 is 5.97 Å². The van der Waals surface area contributed by atoms with Gasteiger partial charge in [-0.25, -0.2) is 4.79 Å². The van der Waals surface area contributed by atoms with Crippen molar-refractivity contribution in [2.45, 2.75) is 31.9 Å². The molecule has 0 saturated carbocycles. The molecule has 5 aromatic carbocycles. The molecule has 0 aliphatic carbocycles. The Morgan fingerprint density at radius 3 is 2.49 bits per heavy atom. The van der Waals surface area contributed by atoms with Gasteiger partial charge in [0.1, 0.15) is 29.7 Å². The lowest BCUT2D eigenvalue weighted by Crippen LogP contribution is -2.40. The second-order valence-electron chi connectivity index (χ2n) is 11.8. The van der Waals surface area contributed by atoms with Crippen LogP contribution in [-0.4, -0.2) is 52.2 Å². The minimum atomic E-state index is -1.000. The van der Waals surface area contributed by atoms with E-state index >= 15 is 0 Å². The van der Waals surface area contributed by atoms with Crippen molar-refractivity contribution < 1.29 is 28.6 Å². The number of benzene rings is 5. The molecule has 1 aliphatic heterocycles. The Morgan fingerprint density at radius 2 is 1.68 bits per heavy atom. The Balaban J connectivity index is 1.07. The molecule has 0 bridgehead atoms. The Labute approximate surface area is 271 Å². The van der Waals surface area contributed by atoms with Gasteiger partial charge in [-0.15, -0.1) is 0 Å². The summed E-state index contributed by atoms with van der Waals surface area (Å²) in [5.41, 5.74) is 4.27. The van der Waals surface area contributed by atoms with Crippen LogP contribution in [0.25, 0.3) is 21.9 Å². The van der Waals surface area contributed by atoms with Crippen LogP contribution >= 0.6 is 0 Å². The van der Waals surface area contributed by atoms with E-state index in [-0.39, 0.29) is 36.6 Å². The summed E-state index contributed by atoms with van der Waals surface area (Å²) in [6.45, 7) is 2.66. The van der Waals surface area contributed by atoms with Gasteiger partial charge in [0.15, 0.2) is 5.58 Å². The molecule has 2 atom stereocenters. The van der Waals surface area contributed by atoms with Gasteiger partial charge in [-0.05, 0) is 83.4 Å². The third-order valence-electron chi connectivity index (χ3n) is 8.46. The quantitative estimate of drug-likeness (QED) is 0.162. The number of carboxylic acids is 1. The van der Waals surface area contributed by atoms with Crippen LogP contribution in [0.3, 0.4) is 0 Å². The summed E-state index contributed by atoms with van der Waals surface area (Å²) in [6.07, 6.45) is 0.528. The number of anilines is 2. The number of nitrogens with zero attached hydrogens (tertiary/aromatic N) is 2. The van der Waals surface area contributed by atoms with Gasteiger partial charge in [0, 0.05) is 12.1 Å². The van der Waals surface area contributed by atoms with E-state index in [1.165, 1.54) is 12.1 Å². The van der Waals surface area contributed by atoms with Crippen molar-refractivity contribution in [1.29, 1.82) is 0 Å². The minimum Gasteiger partial charge on any atom is -0.491 e. The van der Waals surface area contributed by atoms with Gasteiger partial charge in [0.2, 0.25) is 5.91 Å². The lowest BCUT2D eigenvalue weighted by molar-refractivity contribution is -0.132. The van der Waals surface area contributed by atoms with Gasteiger partial charge in [-0.1, -0.05) is 54.6 Å². The minimum absolute atomic E-state index is 0.0541. The number of amides is 1. The Morgan fingerprint density at radius 1 is 0.915 bits per heavy atom. The number of carbonyl (C=O) groups is 2. The van der Waals surface area contributed by atoms with Crippen molar-refractivity contribution >= 4 is 45.5 Å². The zero-order chi connectivity index (χ0) is 32.3. The fourth-order valence-electron chi connectivity index (χ4n) is 5.98. The molecule has 9 nitrogen and oxygen atoms in total. The van der Waals surface area contributed by atoms with Gasteiger partial charge < -0.3 is 29.2 Å². The van der Waals surface area contributed by atoms with Gasteiger partial charge in [0.05, 0.1) is 24.6 Å². The van der Waals surface area contributed by atoms with Crippen LogP contribution in [0.1, 0.15) is 27.9 Å². The lowest BCUT2D eigenvalue weighted by atomic mass is 10.1. The van der Waals surface area contributed by atoms with Gasteiger partial charge in [-0.3, -0.25) is 4.79 Å². The van der Waals surface area contributed by atoms with Crippen LogP contribution < -0.4 is 14.8 Å². The van der Waals surface area contributed by atoms with E-state index in [4.69, 9.17) is 13.9 Å². The van der Waals surface area contributed by atoms with Crippen LogP contribution in [0.15, 0.2) is 114 Å². The average molecular weight is 628 g/mol. The first-order valence-corrected chi connectivity index (χ1v) is 15.5. The zero-order valence-corrected chi connectivity index (χ0v) is 25.8. The molecule has 9 heteroatoms. The van der Waals surface area contributed by atoms with Gasteiger partial charge in [-0.2, -0.15) is 4.98 Å². The molecule has 1 aromatic heterocycles. The third kappa shape index (κ3) is 6.74. The number of para-hydroxylation sites is 1. The molecule has 1 saturated heterocycles. The number of likely N-dealkylation sites (tertiary alicyclic amines) is 1. The van der Waals surface area contributed by atoms with Crippen molar-refractivity contribution in [3.63, 3.8) is 0 Å². The maximum atomic E-state index is 13.8. The molecular formula is C38H33N3O6. The van der Waals surface area contributed by atoms with Crippen molar-refractivity contribution in [1.82, 2.24) is 9.88 Å². The first kappa shape index (κ1) is 29.9. The van der Waals surface area contributed by atoms with Gasteiger partial charge in [0.25, 0.3) is 6.01 Å². The van der Waals surface area contributed by atoms with Crippen molar-refractivity contribution in [2.24, 2.45) is 0 Å². The molecule has 0 spiro atoms. The topological polar surface area (TPSA) is 114 Å². The van der Waals surface area contributed by atoms with Crippen molar-refractivity contribution in [2.75, 3.05) is 18.5 Å². The summed E-state index contributed by atoms with van der Waals surface area (Å²) >= 11 is 0. The van der Waals surface area contributed by atoms with E-state index in [9.17, 15) is 14.7 Å². The van der Waals surface area contributed by atoms with E-state index in [0.717, 1.165) is 33.3 Å². The second-order valence-corrected chi connectivity index (χ2v) is 11.8. The molecule has 6 aromatic rings. The highest BCUT2D eigenvalue weighted by molar-refractivity contribution is 5.87. The molecule has 0 unspecified atom stereocenters. The van der Waals surface area contributed by atoms with E-state index in [2.05, 4.69) is 16.4 Å². The number of aromatic carboxylic acids is 1. The smallest absolute Gasteiger partial charge is 0.335 e. The summed E-state index contributed by atoms with van der Waals surface area (Å²) in [4.78, 5) is 31.5. The number of nitrogens with one attached hydrogen (secondary N) is 1. The Bertz CT molecular complexity index is 2070. The predicted molar refractivity (Wildman–Crippen MR) is 180 cm³/mol. The predicted octanol–water partition coefficient (Wildman–Crippen LogP) is 7.40. The average Bonchev–Trinajstić information content (AvgIpc) is 3.68. The summed E-state index contributed by atoms with van der Waals surface area (Å²) < 4.78 is 18.5. The third-order valence-corrected chi connectivity index (χ3v) is 8.46. The van der Waals surface area contributed by atoms with E-state index in [0.29, 0.717) is 35.8 Å². The molecule has 1 fully saturated rings. The number of carboxylic acid groups (broad SMARTS) is 1. The van der Waals surface area contributed by atoms with Gasteiger partial charge >= 0.3 is 5.97 Å². The first-order chi connectivity index (χ1) is 22.9. The molecule has 2 heterocycles. The van der Waals surface area contributed by atoms with Crippen LogP contribution in [0.2, 0.25) is 0 Å². The molecule has 236 valence electrons. The highest BCUT2D eigenvalue weighted by Gasteiger charge is 2.37. The summed E-state index contributed by atoms with van der Waals surface area (Å²) in [7, 11) is 0. The molecule has 47 heavy (non-hydrogen) atoms. The number of rotatable bonds is 10. The number of aromatic nitrogens is 1. The maximum absolute atomic E-state index is 13.8. The van der Waals surface area contributed by atoms with Crippen LogP contribution in [0.5, 0.6) is 11.5 Å². The first-order valence-electron chi connectivity index (χ1n) is 15.5. The molecular weight excluding hydrogens is 594 g/mol. The van der Waals surface area contributed by atoms with E-state index in [1.54, 1.807) is 12.1 Å². The monoisotopic (exact) mass is 627 g/mol.